The summed E-state index contributed by atoms with van der Waals surface area (Å²) in [7, 11) is 0. The van der Waals surface area contributed by atoms with Crippen molar-refractivity contribution in [1.82, 2.24) is 0 Å². The number of aryl methyl sites for hydroxylation is 2. The van der Waals surface area contributed by atoms with E-state index in [9.17, 15) is 19.7 Å². The average Bonchev–Trinajstić information content (AvgIpc) is 3.01. The lowest BCUT2D eigenvalue weighted by molar-refractivity contribution is -0.384. The Morgan fingerprint density at radius 3 is 2.32 bits per heavy atom. The van der Waals surface area contributed by atoms with Crippen molar-refractivity contribution in [1.29, 1.82) is 0 Å². The molecule has 0 spiro atoms. The minimum atomic E-state index is -0.480. The number of ether oxygens (including phenoxy) is 1. The summed E-state index contributed by atoms with van der Waals surface area (Å²) in [5.74, 6) is -1.05. The molecule has 2 heterocycles. The third kappa shape index (κ3) is 2.94. The minimum Gasteiger partial charge on any atom is -0.456 e. The molecule has 4 rings (SSSR count). The molecule has 1 unspecified atom stereocenters. The van der Waals surface area contributed by atoms with Crippen molar-refractivity contribution < 1.29 is 19.2 Å². The molecule has 2 aromatic rings. The van der Waals surface area contributed by atoms with Crippen LogP contribution < -0.4 is 4.90 Å². The number of esters is 1. The van der Waals surface area contributed by atoms with E-state index in [1.54, 1.807) is 17.0 Å². The Hall–Kier alpha value is -3.48. The minimum absolute atomic E-state index is 0.0362. The molecule has 7 nitrogen and oxygen atoms in total. The van der Waals surface area contributed by atoms with Crippen molar-refractivity contribution in [2.24, 2.45) is 0 Å². The van der Waals surface area contributed by atoms with E-state index in [0.29, 0.717) is 16.8 Å². The van der Waals surface area contributed by atoms with Crippen molar-refractivity contribution in [3.8, 4) is 0 Å². The molecule has 0 fully saturated rings. The van der Waals surface area contributed by atoms with Crippen LogP contribution in [0, 0.1) is 24.0 Å². The van der Waals surface area contributed by atoms with Crippen LogP contribution in [0.4, 0.5) is 11.4 Å². The number of non-ortho nitro benzene ring substituents is 1. The Morgan fingerprint density at radius 2 is 1.71 bits per heavy atom. The molecule has 7 heteroatoms. The number of anilines is 1. The van der Waals surface area contributed by atoms with Gasteiger partial charge in [-0.15, -0.1) is 0 Å². The van der Waals surface area contributed by atoms with Crippen LogP contribution in [0.2, 0.25) is 0 Å². The standard InChI is InChI=1S/C21H18N2O5/c1-12-7-13(2)9-16(8-12)22-18-11-28-21(25)20(18)17(10-19(22)24)14-3-5-15(6-4-14)23(26)27/h3-9,17H,10-11H2,1-2H3. The van der Waals surface area contributed by atoms with Crippen LogP contribution in [0.3, 0.4) is 0 Å². The summed E-state index contributed by atoms with van der Waals surface area (Å²) in [6, 6.07) is 11.8. The number of nitrogens with zero attached hydrogens (tertiary/aromatic N) is 2. The van der Waals surface area contributed by atoms with E-state index in [-0.39, 0.29) is 24.6 Å². The summed E-state index contributed by atoms with van der Waals surface area (Å²) < 4.78 is 5.26. The molecule has 0 N–H and O–H groups in total. The van der Waals surface area contributed by atoms with Gasteiger partial charge in [0.25, 0.3) is 5.69 Å². The highest BCUT2D eigenvalue weighted by Gasteiger charge is 2.43. The first-order valence-electron chi connectivity index (χ1n) is 8.91. The summed E-state index contributed by atoms with van der Waals surface area (Å²) >= 11 is 0. The fourth-order valence-electron chi connectivity index (χ4n) is 3.95. The third-order valence-corrected chi connectivity index (χ3v) is 5.09. The summed E-state index contributed by atoms with van der Waals surface area (Å²) in [5, 5.41) is 10.9. The Labute approximate surface area is 161 Å². The summed E-state index contributed by atoms with van der Waals surface area (Å²) in [6.45, 7) is 3.95. The van der Waals surface area contributed by atoms with Crippen molar-refractivity contribution in [2.75, 3.05) is 11.5 Å². The van der Waals surface area contributed by atoms with E-state index in [1.165, 1.54) is 12.1 Å². The van der Waals surface area contributed by atoms with E-state index < -0.39 is 16.8 Å². The second kappa shape index (κ2) is 6.60. The van der Waals surface area contributed by atoms with Gasteiger partial charge in [0.05, 0.1) is 16.2 Å². The molecular weight excluding hydrogens is 360 g/mol. The maximum atomic E-state index is 13.0. The van der Waals surface area contributed by atoms with Crippen molar-refractivity contribution in [3.05, 3.63) is 80.5 Å². The van der Waals surface area contributed by atoms with Crippen molar-refractivity contribution >= 4 is 23.3 Å². The third-order valence-electron chi connectivity index (χ3n) is 5.09. The second-order valence-corrected chi connectivity index (χ2v) is 7.12. The molecule has 1 amide bonds. The molecule has 0 bridgehead atoms. The van der Waals surface area contributed by atoms with Gasteiger partial charge >= 0.3 is 5.97 Å². The summed E-state index contributed by atoms with van der Waals surface area (Å²) in [6.07, 6.45) is 0.0960. The molecule has 142 valence electrons. The van der Waals surface area contributed by atoms with Gasteiger partial charge in [0, 0.05) is 30.2 Å². The number of amides is 1. The van der Waals surface area contributed by atoms with Crippen molar-refractivity contribution in [3.63, 3.8) is 0 Å². The number of carbonyl (C=O) groups is 2. The number of carbonyl (C=O) groups excluding carboxylic acids is 2. The van der Waals surface area contributed by atoms with Crippen LogP contribution in [0.5, 0.6) is 0 Å². The normalized spacial score (nSPS) is 18.9. The first-order valence-corrected chi connectivity index (χ1v) is 8.91. The average molecular weight is 378 g/mol. The molecule has 0 saturated heterocycles. The van der Waals surface area contributed by atoms with Gasteiger partial charge in [-0.05, 0) is 42.7 Å². The lowest BCUT2D eigenvalue weighted by atomic mass is 9.84. The highest BCUT2D eigenvalue weighted by molar-refractivity contribution is 6.06. The molecule has 2 aromatic carbocycles. The predicted molar refractivity (Wildman–Crippen MR) is 102 cm³/mol. The van der Waals surface area contributed by atoms with E-state index >= 15 is 0 Å². The lowest BCUT2D eigenvalue weighted by Gasteiger charge is -2.32. The topological polar surface area (TPSA) is 89.8 Å². The Balaban J connectivity index is 1.80. The van der Waals surface area contributed by atoms with Crippen LogP contribution in [0.1, 0.15) is 29.0 Å². The van der Waals surface area contributed by atoms with Crippen LogP contribution in [-0.2, 0) is 14.3 Å². The molecule has 0 aliphatic carbocycles. The summed E-state index contributed by atoms with van der Waals surface area (Å²) in [4.78, 5) is 37.5. The van der Waals surface area contributed by atoms with Crippen LogP contribution in [0.15, 0.2) is 53.7 Å². The van der Waals surface area contributed by atoms with Gasteiger partial charge in [0.15, 0.2) is 0 Å². The van der Waals surface area contributed by atoms with Gasteiger partial charge < -0.3 is 4.74 Å². The Kier molecular flexibility index (Phi) is 4.22. The molecule has 2 aliphatic rings. The number of nitro benzene ring substituents is 1. The van der Waals surface area contributed by atoms with Gasteiger partial charge in [-0.3, -0.25) is 19.8 Å². The van der Waals surface area contributed by atoms with Crippen molar-refractivity contribution in [2.45, 2.75) is 26.2 Å². The molecule has 1 atom stereocenters. The van der Waals surface area contributed by atoms with Gasteiger partial charge in [-0.25, -0.2) is 4.79 Å². The second-order valence-electron chi connectivity index (χ2n) is 7.12. The number of hydrogen-bond donors (Lipinski definition) is 0. The van der Waals surface area contributed by atoms with Gasteiger partial charge in [-0.1, -0.05) is 18.2 Å². The highest BCUT2D eigenvalue weighted by Crippen LogP contribution is 2.42. The summed E-state index contributed by atoms with van der Waals surface area (Å²) in [5.41, 5.74) is 4.41. The number of rotatable bonds is 3. The van der Waals surface area contributed by atoms with E-state index in [1.807, 2.05) is 32.0 Å². The fraction of sp³-hybridized carbons (Fsp3) is 0.238. The molecule has 0 radical (unpaired) electrons. The lowest BCUT2D eigenvalue weighted by Crippen LogP contribution is -2.37. The highest BCUT2D eigenvalue weighted by atomic mass is 16.6. The van der Waals surface area contributed by atoms with E-state index in [2.05, 4.69) is 0 Å². The smallest absolute Gasteiger partial charge is 0.336 e. The Bertz CT molecular complexity index is 1020. The van der Waals surface area contributed by atoms with Crippen LogP contribution in [-0.4, -0.2) is 23.4 Å². The van der Waals surface area contributed by atoms with E-state index in [4.69, 9.17) is 4.74 Å². The van der Waals surface area contributed by atoms with Gasteiger partial charge in [0.2, 0.25) is 5.91 Å². The predicted octanol–water partition coefficient (Wildman–Crippen LogP) is 3.54. The number of benzene rings is 2. The molecule has 2 aliphatic heterocycles. The first kappa shape index (κ1) is 17.9. The van der Waals surface area contributed by atoms with Crippen LogP contribution in [0.25, 0.3) is 0 Å². The fourth-order valence-corrected chi connectivity index (χ4v) is 3.95. The molecular formula is C21H18N2O5. The molecule has 0 aromatic heterocycles. The molecule has 28 heavy (non-hydrogen) atoms. The maximum Gasteiger partial charge on any atom is 0.336 e. The first-order chi connectivity index (χ1) is 13.3. The largest absolute Gasteiger partial charge is 0.456 e. The maximum absolute atomic E-state index is 13.0. The quantitative estimate of drug-likeness (QED) is 0.463. The molecule has 0 saturated carbocycles. The zero-order chi connectivity index (χ0) is 20.0. The monoisotopic (exact) mass is 378 g/mol. The number of nitro groups is 1. The SMILES string of the molecule is Cc1cc(C)cc(N2C(=O)CC(c3ccc([N+](=O)[O-])cc3)C3=C2COC3=O)c1. The Morgan fingerprint density at radius 1 is 1.07 bits per heavy atom. The van der Waals surface area contributed by atoms with Gasteiger partial charge in [-0.2, -0.15) is 0 Å². The number of hydrogen-bond acceptors (Lipinski definition) is 5. The zero-order valence-corrected chi connectivity index (χ0v) is 15.5. The number of cyclic esters (lactones) is 1. The van der Waals surface area contributed by atoms with Crippen LogP contribution >= 0.6 is 0 Å². The van der Waals surface area contributed by atoms with Gasteiger partial charge in [0.1, 0.15) is 6.61 Å². The van der Waals surface area contributed by atoms with E-state index in [0.717, 1.165) is 16.8 Å². The zero-order valence-electron chi connectivity index (χ0n) is 15.5.